The van der Waals surface area contributed by atoms with Crippen LogP contribution in [0.3, 0.4) is 0 Å². The molecule has 0 spiro atoms. The molecular formula is C18H17N3O4. The molecule has 0 N–H and O–H groups in total. The molecule has 0 aromatic heterocycles. The van der Waals surface area contributed by atoms with Crippen molar-refractivity contribution in [2.24, 2.45) is 5.10 Å². The number of amides is 1. The zero-order chi connectivity index (χ0) is 18.0. The number of nitro benzene ring substituents is 1. The lowest BCUT2D eigenvalue weighted by molar-refractivity contribution is -0.384. The number of rotatable bonds is 4. The number of benzene rings is 2. The molecule has 0 bridgehead atoms. The number of nitrogens with zero attached hydrogens (tertiary/aromatic N) is 3. The van der Waals surface area contributed by atoms with Gasteiger partial charge < -0.3 is 4.74 Å². The summed E-state index contributed by atoms with van der Waals surface area (Å²) in [6, 6.07) is 13.4. The zero-order valence-corrected chi connectivity index (χ0v) is 13.9. The van der Waals surface area contributed by atoms with E-state index < -0.39 is 4.92 Å². The van der Waals surface area contributed by atoms with Crippen molar-refractivity contribution < 1.29 is 14.5 Å². The van der Waals surface area contributed by atoms with Crippen molar-refractivity contribution in [3.8, 4) is 5.75 Å². The topological polar surface area (TPSA) is 85.0 Å². The monoisotopic (exact) mass is 339 g/mol. The second kappa shape index (κ2) is 6.72. The van der Waals surface area contributed by atoms with Gasteiger partial charge in [-0.2, -0.15) is 5.10 Å². The molecule has 1 atom stereocenters. The number of non-ortho nitro benzene ring substituents is 1. The second-order valence-corrected chi connectivity index (χ2v) is 5.71. The third-order valence-electron chi connectivity index (χ3n) is 4.14. The smallest absolute Gasteiger partial charge is 0.269 e. The summed E-state index contributed by atoms with van der Waals surface area (Å²) in [4.78, 5) is 22.3. The van der Waals surface area contributed by atoms with Crippen molar-refractivity contribution >= 4 is 17.3 Å². The Morgan fingerprint density at radius 3 is 2.36 bits per heavy atom. The molecule has 3 rings (SSSR count). The highest BCUT2D eigenvalue weighted by Gasteiger charge is 2.31. The minimum Gasteiger partial charge on any atom is -0.497 e. The highest BCUT2D eigenvalue weighted by molar-refractivity contribution is 6.03. The van der Waals surface area contributed by atoms with E-state index in [-0.39, 0.29) is 17.6 Å². The fourth-order valence-corrected chi connectivity index (χ4v) is 2.84. The van der Waals surface area contributed by atoms with Crippen LogP contribution in [0, 0.1) is 10.1 Å². The summed E-state index contributed by atoms with van der Waals surface area (Å²) in [6.45, 7) is 1.46. The van der Waals surface area contributed by atoms with Crippen LogP contribution in [0.5, 0.6) is 5.75 Å². The summed E-state index contributed by atoms with van der Waals surface area (Å²) < 4.78 is 5.15. The molecule has 0 fully saturated rings. The van der Waals surface area contributed by atoms with Crippen LogP contribution in [0.25, 0.3) is 0 Å². The SMILES string of the molecule is COc1ccc(C2=NN(C(C)=O)C(c3ccc([N+](=O)[O-])cc3)C2)cc1. The molecule has 2 aromatic carbocycles. The fourth-order valence-electron chi connectivity index (χ4n) is 2.84. The number of carbonyl (C=O) groups is 1. The molecule has 1 amide bonds. The Bertz CT molecular complexity index is 828. The van der Waals surface area contributed by atoms with E-state index in [1.54, 1.807) is 19.2 Å². The van der Waals surface area contributed by atoms with Crippen LogP contribution in [0.2, 0.25) is 0 Å². The standard InChI is InChI=1S/C18H17N3O4/c1-12(22)20-18(14-3-7-15(8-4-14)21(23)24)11-17(19-20)13-5-9-16(25-2)10-6-13/h3-10,18H,11H2,1-2H3. The highest BCUT2D eigenvalue weighted by Crippen LogP contribution is 2.33. The molecule has 1 heterocycles. The van der Waals surface area contributed by atoms with Crippen LogP contribution < -0.4 is 4.74 Å². The number of hydrogen-bond donors (Lipinski definition) is 0. The summed E-state index contributed by atoms with van der Waals surface area (Å²) >= 11 is 0. The normalized spacial score (nSPS) is 16.5. The third kappa shape index (κ3) is 3.35. The Kier molecular flexibility index (Phi) is 4.47. The predicted octanol–water partition coefficient (Wildman–Crippen LogP) is 3.30. The second-order valence-electron chi connectivity index (χ2n) is 5.71. The van der Waals surface area contributed by atoms with Crippen molar-refractivity contribution in [1.29, 1.82) is 0 Å². The Hall–Kier alpha value is -3.22. The highest BCUT2D eigenvalue weighted by atomic mass is 16.6. The van der Waals surface area contributed by atoms with Crippen LogP contribution in [0.4, 0.5) is 5.69 Å². The predicted molar refractivity (Wildman–Crippen MR) is 92.5 cm³/mol. The summed E-state index contributed by atoms with van der Waals surface area (Å²) in [5, 5.41) is 16.7. The van der Waals surface area contributed by atoms with Crippen LogP contribution >= 0.6 is 0 Å². The average Bonchev–Trinajstić information content (AvgIpc) is 3.07. The van der Waals surface area contributed by atoms with Crippen LogP contribution in [-0.2, 0) is 4.79 Å². The van der Waals surface area contributed by atoms with Gasteiger partial charge in [-0.1, -0.05) is 12.1 Å². The van der Waals surface area contributed by atoms with E-state index in [0.717, 1.165) is 22.6 Å². The van der Waals surface area contributed by atoms with Crippen molar-refractivity contribution in [3.05, 3.63) is 69.8 Å². The van der Waals surface area contributed by atoms with Gasteiger partial charge in [0.2, 0.25) is 5.91 Å². The van der Waals surface area contributed by atoms with Gasteiger partial charge in [0.15, 0.2) is 0 Å². The number of hydrogen-bond acceptors (Lipinski definition) is 5. The van der Waals surface area contributed by atoms with Crippen molar-refractivity contribution in [1.82, 2.24) is 5.01 Å². The molecule has 2 aromatic rings. The van der Waals surface area contributed by atoms with Crippen molar-refractivity contribution in [3.63, 3.8) is 0 Å². The molecule has 0 radical (unpaired) electrons. The quantitative estimate of drug-likeness (QED) is 0.632. The zero-order valence-electron chi connectivity index (χ0n) is 13.9. The van der Waals surface area contributed by atoms with E-state index in [4.69, 9.17) is 4.74 Å². The first-order chi connectivity index (χ1) is 12.0. The van der Waals surface area contributed by atoms with Crippen LogP contribution in [0.1, 0.15) is 30.5 Å². The summed E-state index contributed by atoms with van der Waals surface area (Å²) in [5.41, 5.74) is 2.54. The lowest BCUT2D eigenvalue weighted by Gasteiger charge is -2.20. The molecule has 25 heavy (non-hydrogen) atoms. The minimum atomic E-state index is -0.444. The van der Waals surface area contributed by atoms with Crippen LogP contribution in [-0.4, -0.2) is 28.7 Å². The number of hydrazone groups is 1. The first-order valence-electron chi connectivity index (χ1n) is 7.75. The fraction of sp³-hybridized carbons (Fsp3) is 0.222. The molecule has 7 heteroatoms. The number of methoxy groups -OCH3 is 1. The first-order valence-corrected chi connectivity index (χ1v) is 7.75. The lowest BCUT2D eigenvalue weighted by atomic mass is 9.98. The van der Waals surface area contributed by atoms with Crippen LogP contribution in [0.15, 0.2) is 53.6 Å². The minimum absolute atomic E-state index is 0.0208. The average molecular weight is 339 g/mol. The van der Waals surface area contributed by atoms with Gasteiger partial charge in [-0.25, -0.2) is 5.01 Å². The van der Waals surface area contributed by atoms with Crippen molar-refractivity contribution in [2.75, 3.05) is 7.11 Å². The molecule has 128 valence electrons. The molecule has 1 unspecified atom stereocenters. The maximum absolute atomic E-state index is 12.0. The van der Waals surface area contributed by atoms with E-state index in [1.807, 2.05) is 24.3 Å². The van der Waals surface area contributed by atoms with Crippen molar-refractivity contribution in [2.45, 2.75) is 19.4 Å². The molecule has 1 aliphatic heterocycles. The van der Waals surface area contributed by atoms with Gasteiger partial charge in [0.1, 0.15) is 5.75 Å². The largest absolute Gasteiger partial charge is 0.497 e. The number of nitro groups is 1. The van der Waals surface area contributed by atoms with E-state index in [2.05, 4.69) is 5.10 Å². The molecule has 1 aliphatic rings. The van der Waals surface area contributed by atoms with E-state index in [1.165, 1.54) is 24.1 Å². The van der Waals surface area contributed by atoms with E-state index in [0.29, 0.717) is 6.42 Å². The van der Waals surface area contributed by atoms with Gasteiger partial charge in [0.05, 0.1) is 23.8 Å². The van der Waals surface area contributed by atoms with Gasteiger partial charge >= 0.3 is 0 Å². The Labute approximate surface area is 144 Å². The summed E-state index contributed by atoms with van der Waals surface area (Å²) in [6.07, 6.45) is 0.545. The Morgan fingerprint density at radius 2 is 1.84 bits per heavy atom. The summed E-state index contributed by atoms with van der Waals surface area (Å²) in [7, 11) is 1.60. The Balaban J connectivity index is 1.88. The van der Waals surface area contributed by atoms with Gasteiger partial charge in [0, 0.05) is 25.5 Å². The molecule has 7 nitrogen and oxygen atoms in total. The van der Waals surface area contributed by atoms with Gasteiger partial charge in [0.25, 0.3) is 5.69 Å². The molecular weight excluding hydrogens is 322 g/mol. The molecule has 0 saturated heterocycles. The lowest BCUT2D eigenvalue weighted by Crippen LogP contribution is -2.24. The maximum Gasteiger partial charge on any atom is 0.269 e. The van der Waals surface area contributed by atoms with Gasteiger partial charge in [-0.05, 0) is 35.4 Å². The number of carbonyl (C=O) groups excluding carboxylic acids is 1. The van der Waals surface area contributed by atoms with E-state index in [9.17, 15) is 14.9 Å². The number of ether oxygens (including phenoxy) is 1. The van der Waals surface area contributed by atoms with Gasteiger partial charge in [-0.15, -0.1) is 0 Å². The first kappa shape index (κ1) is 16.6. The third-order valence-corrected chi connectivity index (χ3v) is 4.14. The van der Waals surface area contributed by atoms with Gasteiger partial charge in [-0.3, -0.25) is 14.9 Å². The Morgan fingerprint density at radius 1 is 1.20 bits per heavy atom. The van der Waals surface area contributed by atoms with E-state index >= 15 is 0 Å². The maximum atomic E-state index is 12.0. The molecule has 0 aliphatic carbocycles. The summed E-state index contributed by atoms with van der Waals surface area (Å²) in [5.74, 6) is 0.574. The molecule has 0 saturated carbocycles.